The molecule has 18 heavy (non-hydrogen) atoms. The lowest BCUT2D eigenvalue weighted by molar-refractivity contribution is 0.607. The largest absolute Gasteiger partial charge is 0.418 e. The SMILES string of the molecule is Cc1nc(Cl)nc2oc(-c3ccc(Br)cc3)nc12. The normalized spacial score (nSPS) is 11.1. The van der Waals surface area contributed by atoms with Gasteiger partial charge in [-0.2, -0.15) is 4.98 Å². The molecule has 1 aromatic carbocycles. The molecule has 0 atom stereocenters. The van der Waals surface area contributed by atoms with Gasteiger partial charge in [-0.3, -0.25) is 0 Å². The number of halogens is 2. The van der Waals surface area contributed by atoms with Crippen molar-refractivity contribution in [1.82, 2.24) is 15.0 Å². The number of aryl methyl sites for hydroxylation is 1. The van der Waals surface area contributed by atoms with Crippen LogP contribution in [-0.4, -0.2) is 15.0 Å². The fourth-order valence-corrected chi connectivity index (χ4v) is 2.11. The second-order valence-corrected chi connectivity index (χ2v) is 5.01. The number of oxazole rings is 1. The van der Waals surface area contributed by atoms with Gasteiger partial charge in [0.05, 0.1) is 5.69 Å². The van der Waals surface area contributed by atoms with E-state index in [-0.39, 0.29) is 5.28 Å². The smallest absolute Gasteiger partial charge is 0.252 e. The number of aromatic nitrogens is 3. The van der Waals surface area contributed by atoms with E-state index in [1.54, 1.807) is 0 Å². The predicted octanol–water partition coefficient (Wildman–Crippen LogP) is 4.01. The fourth-order valence-electron chi connectivity index (χ4n) is 1.64. The second-order valence-electron chi connectivity index (χ2n) is 3.76. The molecular formula is C12H7BrClN3O. The average molecular weight is 325 g/mol. The summed E-state index contributed by atoms with van der Waals surface area (Å²) in [5.74, 6) is 0.511. The Balaban J connectivity index is 2.19. The second kappa shape index (κ2) is 4.33. The molecule has 0 bridgehead atoms. The molecule has 0 spiro atoms. The van der Waals surface area contributed by atoms with E-state index in [0.717, 1.165) is 10.0 Å². The molecule has 0 aliphatic rings. The van der Waals surface area contributed by atoms with Gasteiger partial charge in [-0.05, 0) is 42.8 Å². The topological polar surface area (TPSA) is 51.8 Å². The molecule has 0 N–H and O–H groups in total. The van der Waals surface area contributed by atoms with Gasteiger partial charge in [0.2, 0.25) is 11.2 Å². The molecule has 90 valence electrons. The van der Waals surface area contributed by atoms with E-state index in [1.807, 2.05) is 31.2 Å². The Bertz CT molecular complexity index is 724. The summed E-state index contributed by atoms with van der Waals surface area (Å²) in [5, 5.41) is 0.165. The molecule has 0 amide bonds. The lowest BCUT2D eigenvalue weighted by atomic mass is 10.2. The summed E-state index contributed by atoms with van der Waals surface area (Å²) in [6.45, 7) is 1.82. The molecule has 4 nitrogen and oxygen atoms in total. The minimum atomic E-state index is 0.165. The van der Waals surface area contributed by atoms with Crippen molar-refractivity contribution in [3.05, 3.63) is 39.7 Å². The maximum atomic E-state index is 5.78. The molecule has 3 aromatic rings. The van der Waals surface area contributed by atoms with Crippen molar-refractivity contribution in [2.24, 2.45) is 0 Å². The number of hydrogen-bond acceptors (Lipinski definition) is 4. The van der Waals surface area contributed by atoms with Crippen molar-refractivity contribution in [3.63, 3.8) is 0 Å². The Morgan fingerprint density at radius 2 is 1.83 bits per heavy atom. The number of hydrogen-bond donors (Lipinski definition) is 0. The Labute approximate surface area is 116 Å². The first kappa shape index (κ1) is 11.6. The molecular weight excluding hydrogens is 318 g/mol. The summed E-state index contributed by atoms with van der Waals surface area (Å²) in [6, 6.07) is 7.68. The number of benzene rings is 1. The van der Waals surface area contributed by atoms with Crippen molar-refractivity contribution >= 4 is 38.8 Å². The molecule has 0 aliphatic heterocycles. The maximum Gasteiger partial charge on any atom is 0.252 e. The zero-order chi connectivity index (χ0) is 12.7. The summed E-state index contributed by atoms with van der Waals surface area (Å²) in [6.07, 6.45) is 0. The van der Waals surface area contributed by atoms with Crippen LogP contribution < -0.4 is 0 Å². The zero-order valence-corrected chi connectivity index (χ0v) is 11.7. The van der Waals surface area contributed by atoms with Crippen LogP contribution in [0.3, 0.4) is 0 Å². The third-order valence-electron chi connectivity index (χ3n) is 2.50. The van der Waals surface area contributed by atoms with E-state index in [9.17, 15) is 0 Å². The van der Waals surface area contributed by atoms with Crippen LogP contribution in [0.5, 0.6) is 0 Å². The van der Waals surface area contributed by atoms with E-state index in [2.05, 4.69) is 30.9 Å². The van der Waals surface area contributed by atoms with E-state index < -0.39 is 0 Å². The average Bonchev–Trinajstić information content (AvgIpc) is 2.74. The van der Waals surface area contributed by atoms with Gasteiger partial charge in [-0.25, -0.2) is 9.97 Å². The third-order valence-corrected chi connectivity index (χ3v) is 3.19. The molecule has 2 heterocycles. The van der Waals surface area contributed by atoms with Crippen molar-refractivity contribution in [2.45, 2.75) is 6.92 Å². The molecule has 0 aliphatic carbocycles. The van der Waals surface area contributed by atoms with Crippen LogP contribution in [0.4, 0.5) is 0 Å². The first-order chi connectivity index (χ1) is 8.63. The molecule has 0 fully saturated rings. The fraction of sp³-hybridized carbons (Fsp3) is 0.0833. The van der Waals surface area contributed by atoms with Gasteiger partial charge in [-0.15, -0.1) is 0 Å². The summed E-state index contributed by atoms with van der Waals surface area (Å²) in [5.41, 5.74) is 2.63. The number of fused-ring (bicyclic) bond motifs is 1. The predicted molar refractivity (Wildman–Crippen MR) is 72.5 cm³/mol. The Hall–Kier alpha value is -1.46. The van der Waals surface area contributed by atoms with Gasteiger partial charge in [0.25, 0.3) is 5.71 Å². The van der Waals surface area contributed by atoms with E-state index >= 15 is 0 Å². The highest BCUT2D eigenvalue weighted by molar-refractivity contribution is 9.10. The quantitative estimate of drug-likeness (QED) is 0.635. The highest BCUT2D eigenvalue weighted by Crippen LogP contribution is 2.26. The molecule has 0 unspecified atom stereocenters. The monoisotopic (exact) mass is 323 g/mol. The van der Waals surface area contributed by atoms with Crippen molar-refractivity contribution in [1.29, 1.82) is 0 Å². The van der Waals surface area contributed by atoms with Gasteiger partial charge in [-0.1, -0.05) is 15.9 Å². The van der Waals surface area contributed by atoms with Crippen molar-refractivity contribution in [2.75, 3.05) is 0 Å². The van der Waals surface area contributed by atoms with Gasteiger partial charge >= 0.3 is 0 Å². The van der Waals surface area contributed by atoms with Gasteiger partial charge in [0.1, 0.15) is 0 Å². The molecule has 0 saturated heterocycles. The molecule has 3 rings (SSSR count). The number of nitrogens with zero attached hydrogens (tertiary/aromatic N) is 3. The molecule has 0 saturated carbocycles. The first-order valence-electron chi connectivity index (χ1n) is 5.20. The third kappa shape index (κ3) is 2.00. The molecule has 2 aromatic heterocycles. The first-order valence-corrected chi connectivity index (χ1v) is 6.37. The highest BCUT2D eigenvalue weighted by atomic mass is 79.9. The van der Waals surface area contributed by atoms with Crippen LogP contribution in [0.25, 0.3) is 22.7 Å². The van der Waals surface area contributed by atoms with Crippen LogP contribution in [0.2, 0.25) is 5.28 Å². The van der Waals surface area contributed by atoms with Crippen LogP contribution in [-0.2, 0) is 0 Å². The lowest BCUT2D eigenvalue weighted by Crippen LogP contribution is -1.87. The number of rotatable bonds is 1. The summed E-state index contributed by atoms with van der Waals surface area (Å²) in [4.78, 5) is 12.5. The van der Waals surface area contributed by atoms with Crippen LogP contribution >= 0.6 is 27.5 Å². The van der Waals surface area contributed by atoms with Gasteiger partial charge < -0.3 is 4.42 Å². The van der Waals surface area contributed by atoms with Gasteiger partial charge in [0, 0.05) is 10.0 Å². The molecule has 0 radical (unpaired) electrons. The van der Waals surface area contributed by atoms with E-state index in [0.29, 0.717) is 22.8 Å². The maximum absolute atomic E-state index is 5.78. The Morgan fingerprint density at radius 1 is 1.11 bits per heavy atom. The summed E-state index contributed by atoms with van der Waals surface area (Å²) < 4.78 is 6.59. The van der Waals surface area contributed by atoms with Crippen molar-refractivity contribution < 1.29 is 4.42 Å². The van der Waals surface area contributed by atoms with E-state index in [4.69, 9.17) is 16.0 Å². The van der Waals surface area contributed by atoms with Crippen LogP contribution in [0.1, 0.15) is 5.69 Å². The summed E-state index contributed by atoms with van der Waals surface area (Å²) >= 11 is 9.17. The van der Waals surface area contributed by atoms with Gasteiger partial charge in [0.15, 0.2) is 5.52 Å². The summed E-state index contributed by atoms with van der Waals surface area (Å²) in [7, 11) is 0. The highest BCUT2D eigenvalue weighted by Gasteiger charge is 2.13. The minimum absolute atomic E-state index is 0.165. The lowest BCUT2D eigenvalue weighted by Gasteiger charge is -1.94. The van der Waals surface area contributed by atoms with Crippen LogP contribution in [0, 0.1) is 6.92 Å². The van der Waals surface area contributed by atoms with Crippen molar-refractivity contribution in [3.8, 4) is 11.5 Å². The molecule has 6 heteroatoms. The zero-order valence-electron chi connectivity index (χ0n) is 9.32. The minimum Gasteiger partial charge on any atom is -0.418 e. The van der Waals surface area contributed by atoms with E-state index in [1.165, 1.54) is 0 Å². The van der Waals surface area contributed by atoms with Crippen LogP contribution in [0.15, 0.2) is 33.2 Å². The Kier molecular flexibility index (Phi) is 2.80. The Morgan fingerprint density at radius 3 is 2.56 bits per heavy atom. The standard InChI is InChI=1S/C12H7BrClN3O/c1-6-9-11(17-12(14)15-6)18-10(16-9)7-2-4-8(13)5-3-7/h2-5H,1H3.